The Hall–Kier alpha value is -0.160. The first-order valence-corrected chi connectivity index (χ1v) is 7.72. The summed E-state index contributed by atoms with van der Waals surface area (Å²) >= 11 is 0. The number of hydrogen-bond donors (Lipinski definition) is 1. The van der Waals surface area contributed by atoms with E-state index >= 15 is 0 Å². The van der Waals surface area contributed by atoms with E-state index in [1.165, 1.54) is 32.1 Å². The zero-order valence-corrected chi connectivity index (χ0v) is 12.7. The third-order valence-electron chi connectivity index (χ3n) is 3.87. The van der Waals surface area contributed by atoms with Gasteiger partial charge in [0, 0.05) is 19.7 Å². The van der Waals surface area contributed by atoms with E-state index in [0.717, 1.165) is 19.1 Å². The van der Waals surface area contributed by atoms with Crippen LogP contribution in [-0.4, -0.2) is 52.7 Å². The Balaban J connectivity index is 1.84. The van der Waals surface area contributed by atoms with E-state index in [1.54, 1.807) is 7.11 Å². The van der Waals surface area contributed by atoms with Crippen molar-refractivity contribution >= 4 is 0 Å². The molecular formula is C15H31NO3. The van der Waals surface area contributed by atoms with Crippen LogP contribution < -0.4 is 5.32 Å². The molecule has 0 saturated heterocycles. The van der Waals surface area contributed by atoms with E-state index in [9.17, 15) is 0 Å². The quantitative estimate of drug-likeness (QED) is 0.586. The maximum Gasteiger partial charge on any atom is 0.0701 e. The summed E-state index contributed by atoms with van der Waals surface area (Å²) in [6.45, 7) is 6.65. The first-order valence-electron chi connectivity index (χ1n) is 7.72. The highest BCUT2D eigenvalue weighted by atomic mass is 16.5. The van der Waals surface area contributed by atoms with Crippen molar-refractivity contribution in [2.24, 2.45) is 5.92 Å². The van der Waals surface area contributed by atoms with Crippen LogP contribution in [0.5, 0.6) is 0 Å². The average molecular weight is 273 g/mol. The van der Waals surface area contributed by atoms with E-state index < -0.39 is 0 Å². The second-order valence-electron chi connectivity index (χ2n) is 5.36. The zero-order chi connectivity index (χ0) is 13.8. The molecule has 1 rings (SSSR count). The lowest BCUT2D eigenvalue weighted by Gasteiger charge is -2.28. The van der Waals surface area contributed by atoms with Gasteiger partial charge in [0.25, 0.3) is 0 Å². The molecule has 0 radical (unpaired) electrons. The van der Waals surface area contributed by atoms with E-state index in [2.05, 4.69) is 12.2 Å². The number of methoxy groups -OCH3 is 1. The summed E-state index contributed by atoms with van der Waals surface area (Å²) in [5.41, 5.74) is 0. The van der Waals surface area contributed by atoms with Gasteiger partial charge in [-0.3, -0.25) is 0 Å². The monoisotopic (exact) mass is 273 g/mol. The number of rotatable bonds is 11. The highest BCUT2D eigenvalue weighted by Gasteiger charge is 2.18. The predicted molar refractivity (Wildman–Crippen MR) is 77.6 cm³/mol. The first-order chi connectivity index (χ1) is 9.34. The van der Waals surface area contributed by atoms with Crippen LogP contribution in [0.3, 0.4) is 0 Å². The summed E-state index contributed by atoms with van der Waals surface area (Å²) in [5, 5.41) is 3.58. The minimum Gasteiger partial charge on any atom is -0.382 e. The Morgan fingerprint density at radius 3 is 2.26 bits per heavy atom. The molecule has 0 heterocycles. The fourth-order valence-corrected chi connectivity index (χ4v) is 2.62. The van der Waals surface area contributed by atoms with E-state index in [1.807, 2.05) is 0 Å². The van der Waals surface area contributed by atoms with Crippen molar-refractivity contribution < 1.29 is 14.2 Å². The van der Waals surface area contributed by atoms with Crippen molar-refractivity contribution in [3.63, 3.8) is 0 Å². The van der Waals surface area contributed by atoms with Crippen molar-refractivity contribution in [3.05, 3.63) is 0 Å². The molecule has 1 saturated carbocycles. The van der Waals surface area contributed by atoms with Gasteiger partial charge in [-0.1, -0.05) is 19.3 Å². The highest BCUT2D eigenvalue weighted by molar-refractivity contribution is 4.75. The molecule has 1 fully saturated rings. The molecule has 0 aromatic heterocycles. The summed E-state index contributed by atoms with van der Waals surface area (Å²) in [5.74, 6) is 0.867. The van der Waals surface area contributed by atoms with Crippen molar-refractivity contribution in [1.29, 1.82) is 0 Å². The minimum absolute atomic E-state index is 0.627. The molecule has 0 aromatic carbocycles. The summed E-state index contributed by atoms with van der Waals surface area (Å²) in [6, 6.07) is 0.627. The standard InChI is InChI=1S/C15H31NO3/c1-14(15-6-4-3-5-7-15)16-8-9-18-12-13-19-11-10-17-2/h14-16H,3-13H2,1-2H3. The van der Waals surface area contributed by atoms with Gasteiger partial charge in [0.2, 0.25) is 0 Å². The smallest absolute Gasteiger partial charge is 0.0701 e. The highest BCUT2D eigenvalue weighted by Crippen LogP contribution is 2.26. The molecule has 4 nitrogen and oxygen atoms in total. The van der Waals surface area contributed by atoms with Crippen LogP contribution in [0.25, 0.3) is 0 Å². The molecule has 1 N–H and O–H groups in total. The molecule has 1 aliphatic rings. The first kappa shape index (κ1) is 16.9. The maximum absolute atomic E-state index is 5.52. The van der Waals surface area contributed by atoms with Crippen LogP contribution in [0, 0.1) is 5.92 Å². The lowest BCUT2D eigenvalue weighted by molar-refractivity contribution is 0.0249. The fraction of sp³-hybridized carbons (Fsp3) is 1.00. The second kappa shape index (κ2) is 11.6. The summed E-state index contributed by atoms with van der Waals surface area (Å²) in [7, 11) is 1.68. The SMILES string of the molecule is COCCOCCOCCNC(C)C1CCCCC1. The molecule has 4 heteroatoms. The Morgan fingerprint density at radius 2 is 1.58 bits per heavy atom. The largest absolute Gasteiger partial charge is 0.382 e. The number of hydrogen-bond acceptors (Lipinski definition) is 4. The van der Waals surface area contributed by atoms with E-state index in [4.69, 9.17) is 14.2 Å². The molecular weight excluding hydrogens is 242 g/mol. The molecule has 19 heavy (non-hydrogen) atoms. The van der Waals surface area contributed by atoms with Crippen molar-refractivity contribution in [2.75, 3.05) is 46.7 Å². The van der Waals surface area contributed by atoms with Crippen LogP contribution in [0.2, 0.25) is 0 Å². The van der Waals surface area contributed by atoms with Gasteiger partial charge in [-0.2, -0.15) is 0 Å². The molecule has 0 spiro atoms. The van der Waals surface area contributed by atoms with Gasteiger partial charge >= 0.3 is 0 Å². The predicted octanol–water partition coefficient (Wildman–Crippen LogP) is 2.22. The normalized spacial score (nSPS) is 18.6. The Labute approximate surface area is 118 Å². The van der Waals surface area contributed by atoms with Crippen LogP contribution in [0.1, 0.15) is 39.0 Å². The van der Waals surface area contributed by atoms with Gasteiger partial charge in [0.05, 0.1) is 33.0 Å². The van der Waals surface area contributed by atoms with E-state index in [0.29, 0.717) is 32.5 Å². The molecule has 1 atom stereocenters. The molecule has 0 bridgehead atoms. The lowest BCUT2D eigenvalue weighted by atomic mass is 9.84. The molecule has 1 unspecified atom stereocenters. The zero-order valence-electron chi connectivity index (χ0n) is 12.7. The molecule has 0 aromatic rings. The molecule has 0 amide bonds. The maximum atomic E-state index is 5.52. The summed E-state index contributed by atoms with van der Waals surface area (Å²) in [6.07, 6.45) is 7.03. The van der Waals surface area contributed by atoms with Crippen molar-refractivity contribution in [1.82, 2.24) is 5.32 Å². The minimum atomic E-state index is 0.627. The fourth-order valence-electron chi connectivity index (χ4n) is 2.62. The number of nitrogens with one attached hydrogen (secondary N) is 1. The van der Waals surface area contributed by atoms with Gasteiger partial charge in [-0.25, -0.2) is 0 Å². The summed E-state index contributed by atoms with van der Waals surface area (Å²) < 4.78 is 15.7. The number of ether oxygens (including phenoxy) is 3. The van der Waals surface area contributed by atoms with Crippen LogP contribution in [0.15, 0.2) is 0 Å². The Morgan fingerprint density at radius 1 is 0.947 bits per heavy atom. The third kappa shape index (κ3) is 8.58. The van der Waals surface area contributed by atoms with E-state index in [-0.39, 0.29) is 0 Å². The van der Waals surface area contributed by atoms with Gasteiger partial charge in [0.1, 0.15) is 0 Å². The molecule has 114 valence electrons. The van der Waals surface area contributed by atoms with Gasteiger partial charge < -0.3 is 19.5 Å². The second-order valence-corrected chi connectivity index (χ2v) is 5.36. The van der Waals surface area contributed by atoms with Crippen LogP contribution in [-0.2, 0) is 14.2 Å². The Kier molecular flexibility index (Phi) is 10.4. The third-order valence-corrected chi connectivity index (χ3v) is 3.87. The average Bonchev–Trinajstić information content (AvgIpc) is 2.46. The van der Waals surface area contributed by atoms with Gasteiger partial charge in [-0.05, 0) is 25.7 Å². The topological polar surface area (TPSA) is 39.7 Å². The summed E-state index contributed by atoms with van der Waals surface area (Å²) in [4.78, 5) is 0. The van der Waals surface area contributed by atoms with Crippen molar-refractivity contribution in [2.45, 2.75) is 45.1 Å². The molecule has 1 aliphatic carbocycles. The lowest BCUT2D eigenvalue weighted by Crippen LogP contribution is -2.36. The van der Waals surface area contributed by atoms with Crippen molar-refractivity contribution in [3.8, 4) is 0 Å². The molecule has 0 aliphatic heterocycles. The van der Waals surface area contributed by atoms with Gasteiger partial charge in [0.15, 0.2) is 0 Å². The van der Waals surface area contributed by atoms with Crippen LogP contribution >= 0.6 is 0 Å². The van der Waals surface area contributed by atoms with Crippen LogP contribution in [0.4, 0.5) is 0 Å². The Bertz CT molecular complexity index is 196. The van der Waals surface area contributed by atoms with Gasteiger partial charge in [-0.15, -0.1) is 0 Å².